The van der Waals surface area contributed by atoms with Crippen molar-refractivity contribution < 1.29 is 28.8 Å². The van der Waals surface area contributed by atoms with Gasteiger partial charge in [-0.15, -0.1) is 0 Å². The zero-order chi connectivity index (χ0) is 21.3. The number of benzene rings is 2. The quantitative estimate of drug-likeness (QED) is 0.565. The van der Waals surface area contributed by atoms with E-state index in [9.17, 15) is 9.90 Å². The predicted octanol–water partition coefficient (Wildman–Crippen LogP) is 3.13. The van der Waals surface area contributed by atoms with E-state index in [1.54, 1.807) is 7.11 Å². The third-order valence-electron chi connectivity index (χ3n) is 4.77. The lowest BCUT2D eigenvalue weighted by molar-refractivity contribution is -0.147. The fourth-order valence-corrected chi connectivity index (χ4v) is 3.29. The van der Waals surface area contributed by atoms with Crippen LogP contribution in [0.15, 0.2) is 42.5 Å². The van der Waals surface area contributed by atoms with Crippen LogP contribution in [0.4, 0.5) is 0 Å². The van der Waals surface area contributed by atoms with Crippen LogP contribution < -0.4 is 14.2 Å². The largest absolute Gasteiger partial charge is 0.497 e. The molecule has 0 aromatic heterocycles. The van der Waals surface area contributed by atoms with E-state index in [1.807, 2.05) is 49.4 Å². The molecule has 1 aliphatic heterocycles. The Bertz CT molecular complexity index is 823. The second-order valence-corrected chi connectivity index (χ2v) is 7.29. The molecule has 2 aromatic carbocycles. The van der Waals surface area contributed by atoms with Crippen LogP contribution in [0, 0.1) is 0 Å². The highest BCUT2D eigenvalue weighted by Crippen LogP contribution is 2.33. The number of methoxy groups -OCH3 is 1. The summed E-state index contributed by atoms with van der Waals surface area (Å²) in [6.07, 6.45) is 0.306. The number of fused-ring (bicyclic) bond motifs is 1. The Morgan fingerprint density at radius 1 is 1.10 bits per heavy atom. The fraction of sp³-hybridized carbons (Fsp3) is 0.435. The molecule has 0 saturated carbocycles. The van der Waals surface area contributed by atoms with E-state index in [2.05, 4.69) is 4.90 Å². The molecule has 1 atom stereocenters. The lowest BCUT2D eigenvalue weighted by Gasteiger charge is -2.25. The van der Waals surface area contributed by atoms with Crippen LogP contribution in [0.3, 0.4) is 0 Å². The van der Waals surface area contributed by atoms with Crippen molar-refractivity contribution in [3.8, 4) is 17.2 Å². The first-order valence-corrected chi connectivity index (χ1v) is 10.1. The van der Waals surface area contributed by atoms with Crippen molar-refractivity contribution in [3.05, 3.63) is 53.6 Å². The summed E-state index contributed by atoms with van der Waals surface area (Å²) in [5.74, 6) is 1.98. The minimum atomic E-state index is -0.780. The highest BCUT2D eigenvalue weighted by molar-refractivity contribution is 5.69. The first-order chi connectivity index (χ1) is 14.6. The van der Waals surface area contributed by atoms with Crippen molar-refractivity contribution in [1.29, 1.82) is 0 Å². The maximum Gasteiger partial charge on any atom is 0.305 e. The molecule has 0 bridgehead atoms. The van der Waals surface area contributed by atoms with Crippen LogP contribution in [0.25, 0.3) is 0 Å². The van der Waals surface area contributed by atoms with E-state index < -0.39 is 6.10 Å². The van der Waals surface area contributed by atoms with Crippen molar-refractivity contribution in [2.75, 3.05) is 27.1 Å². The summed E-state index contributed by atoms with van der Waals surface area (Å²) < 4.78 is 21.2. The van der Waals surface area contributed by atoms with Crippen molar-refractivity contribution in [3.63, 3.8) is 0 Å². The number of aliphatic hydroxyl groups excluding tert-OH is 1. The number of rotatable bonds is 11. The fourth-order valence-electron chi connectivity index (χ4n) is 3.29. The van der Waals surface area contributed by atoms with Crippen LogP contribution in [0.5, 0.6) is 17.2 Å². The molecule has 0 spiro atoms. The number of ether oxygens (including phenoxy) is 4. The van der Waals surface area contributed by atoms with E-state index in [4.69, 9.17) is 18.9 Å². The maximum atomic E-state index is 11.6. The summed E-state index contributed by atoms with van der Waals surface area (Å²) in [4.78, 5) is 13.7. The van der Waals surface area contributed by atoms with Crippen LogP contribution in [-0.4, -0.2) is 49.1 Å². The van der Waals surface area contributed by atoms with Gasteiger partial charge in [0.05, 0.1) is 7.11 Å². The normalized spacial score (nSPS) is 13.3. The minimum absolute atomic E-state index is 0.0148. The molecule has 2 aromatic rings. The second kappa shape index (κ2) is 10.8. The van der Waals surface area contributed by atoms with Gasteiger partial charge in [0.15, 0.2) is 11.5 Å². The smallest absolute Gasteiger partial charge is 0.305 e. The third-order valence-corrected chi connectivity index (χ3v) is 4.77. The predicted molar refractivity (Wildman–Crippen MR) is 112 cm³/mol. The number of hydrogen-bond donors (Lipinski definition) is 1. The minimum Gasteiger partial charge on any atom is -0.497 e. The molecular weight excluding hydrogens is 386 g/mol. The number of esters is 1. The van der Waals surface area contributed by atoms with Gasteiger partial charge in [-0.3, -0.25) is 9.69 Å². The summed E-state index contributed by atoms with van der Waals surface area (Å²) >= 11 is 0. The number of aliphatic hydroxyl groups is 1. The molecule has 1 aliphatic rings. The second-order valence-electron chi connectivity index (χ2n) is 7.29. The molecule has 162 valence electrons. The van der Waals surface area contributed by atoms with Gasteiger partial charge < -0.3 is 24.1 Å². The van der Waals surface area contributed by atoms with Gasteiger partial charge in [0, 0.05) is 26.1 Å². The van der Waals surface area contributed by atoms with Crippen molar-refractivity contribution in [2.45, 2.75) is 39.0 Å². The Labute approximate surface area is 177 Å². The molecule has 0 fully saturated rings. The highest BCUT2D eigenvalue weighted by Gasteiger charge is 2.18. The number of carbonyl (C=O) groups is 1. The van der Waals surface area contributed by atoms with E-state index in [1.165, 1.54) is 0 Å². The lowest BCUT2D eigenvalue weighted by Crippen LogP contribution is -2.34. The van der Waals surface area contributed by atoms with Gasteiger partial charge in [0.2, 0.25) is 6.79 Å². The molecule has 0 saturated heterocycles. The Hall–Kier alpha value is -2.77. The van der Waals surface area contributed by atoms with E-state index in [0.717, 1.165) is 34.8 Å². The standard InChI is InChI=1S/C23H29NO6/c1-3-4-23(26)28-15-19(25)14-24(12-17-5-8-20(27-2)9-6-17)13-18-7-10-21-22(11-18)30-16-29-21/h5-11,19,25H,3-4,12-16H2,1-2H3/t19-/m0/s1. The molecule has 1 heterocycles. The molecule has 7 heteroatoms. The Morgan fingerprint density at radius 2 is 1.80 bits per heavy atom. The molecule has 3 rings (SSSR count). The summed E-state index contributed by atoms with van der Waals surface area (Å²) in [5, 5.41) is 10.4. The average Bonchev–Trinajstić information content (AvgIpc) is 3.21. The summed E-state index contributed by atoms with van der Waals surface area (Å²) in [5.41, 5.74) is 2.13. The van der Waals surface area contributed by atoms with Crippen molar-refractivity contribution >= 4 is 5.97 Å². The van der Waals surface area contributed by atoms with E-state index in [-0.39, 0.29) is 19.4 Å². The first kappa shape index (κ1) is 21.9. The van der Waals surface area contributed by atoms with Gasteiger partial charge in [-0.1, -0.05) is 25.1 Å². The molecule has 0 radical (unpaired) electrons. The summed E-state index contributed by atoms with van der Waals surface area (Å²) in [6.45, 7) is 3.72. The van der Waals surface area contributed by atoms with Gasteiger partial charge >= 0.3 is 5.97 Å². The molecule has 1 N–H and O–H groups in total. The van der Waals surface area contributed by atoms with Crippen LogP contribution in [0.1, 0.15) is 30.9 Å². The molecule has 0 amide bonds. The van der Waals surface area contributed by atoms with Crippen LogP contribution in [0.2, 0.25) is 0 Å². The maximum absolute atomic E-state index is 11.6. The topological polar surface area (TPSA) is 77.5 Å². The molecule has 0 aliphatic carbocycles. The molecule has 0 unspecified atom stereocenters. The molecule has 7 nitrogen and oxygen atoms in total. The van der Waals surface area contributed by atoms with Crippen LogP contribution in [-0.2, 0) is 22.6 Å². The van der Waals surface area contributed by atoms with Gasteiger partial charge in [0.25, 0.3) is 0 Å². The SMILES string of the molecule is CCCC(=O)OC[C@@H](O)CN(Cc1ccc(OC)cc1)Cc1ccc2c(c1)OCO2. The zero-order valence-corrected chi connectivity index (χ0v) is 17.5. The summed E-state index contributed by atoms with van der Waals surface area (Å²) in [7, 11) is 1.64. The van der Waals surface area contributed by atoms with E-state index in [0.29, 0.717) is 26.1 Å². The van der Waals surface area contributed by atoms with Crippen LogP contribution >= 0.6 is 0 Å². The van der Waals surface area contributed by atoms with Crippen molar-refractivity contribution in [2.24, 2.45) is 0 Å². The van der Waals surface area contributed by atoms with Gasteiger partial charge in [0.1, 0.15) is 18.5 Å². The first-order valence-electron chi connectivity index (χ1n) is 10.1. The van der Waals surface area contributed by atoms with Crippen molar-refractivity contribution in [1.82, 2.24) is 4.90 Å². The Kier molecular flexibility index (Phi) is 7.93. The zero-order valence-electron chi connectivity index (χ0n) is 17.5. The van der Waals surface area contributed by atoms with E-state index >= 15 is 0 Å². The average molecular weight is 415 g/mol. The molecule has 30 heavy (non-hydrogen) atoms. The Morgan fingerprint density at radius 3 is 2.53 bits per heavy atom. The monoisotopic (exact) mass is 415 g/mol. The number of carbonyl (C=O) groups excluding carboxylic acids is 1. The summed E-state index contributed by atoms with van der Waals surface area (Å²) in [6, 6.07) is 13.7. The highest BCUT2D eigenvalue weighted by atomic mass is 16.7. The van der Waals surface area contributed by atoms with Gasteiger partial charge in [-0.25, -0.2) is 0 Å². The third kappa shape index (κ3) is 6.37. The van der Waals surface area contributed by atoms with Gasteiger partial charge in [-0.05, 0) is 41.8 Å². The number of hydrogen-bond acceptors (Lipinski definition) is 7. The number of nitrogens with zero attached hydrogens (tertiary/aromatic N) is 1. The van der Waals surface area contributed by atoms with Gasteiger partial charge in [-0.2, -0.15) is 0 Å². The Balaban J connectivity index is 1.66. The lowest BCUT2D eigenvalue weighted by atomic mass is 10.1. The molecular formula is C23H29NO6.